The number of amides is 1. The predicted octanol–water partition coefficient (Wildman–Crippen LogP) is 1.73. The zero-order valence-corrected chi connectivity index (χ0v) is 11.8. The summed E-state index contributed by atoms with van der Waals surface area (Å²) in [5, 5.41) is 3.20. The summed E-state index contributed by atoms with van der Waals surface area (Å²) >= 11 is 0. The van der Waals surface area contributed by atoms with Gasteiger partial charge >= 0.3 is 6.61 Å². The van der Waals surface area contributed by atoms with Crippen LogP contribution in [0.4, 0.5) is 8.78 Å². The Labute approximate surface area is 121 Å². The van der Waals surface area contributed by atoms with Crippen molar-refractivity contribution in [2.24, 2.45) is 0 Å². The molecule has 1 aliphatic rings. The molecule has 1 N–H and O–H groups in total. The maximum absolute atomic E-state index is 12.4. The molecule has 1 saturated heterocycles. The monoisotopic (exact) mass is 300 g/mol. The van der Waals surface area contributed by atoms with Crippen molar-refractivity contribution in [2.45, 2.75) is 13.0 Å². The van der Waals surface area contributed by atoms with Crippen molar-refractivity contribution < 1.29 is 23.0 Å². The number of hydrogen-bond donors (Lipinski definition) is 1. The molecule has 0 spiro atoms. The highest BCUT2D eigenvalue weighted by Crippen LogP contribution is 2.30. The smallest absolute Gasteiger partial charge is 0.387 e. The van der Waals surface area contributed by atoms with E-state index in [2.05, 4.69) is 10.1 Å². The third kappa shape index (κ3) is 4.04. The molecular weight excluding hydrogens is 282 g/mol. The van der Waals surface area contributed by atoms with E-state index in [1.165, 1.54) is 19.2 Å². The second-order valence-electron chi connectivity index (χ2n) is 4.64. The van der Waals surface area contributed by atoms with Crippen LogP contribution in [0.2, 0.25) is 0 Å². The van der Waals surface area contributed by atoms with Gasteiger partial charge in [0.25, 0.3) is 5.91 Å². The largest absolute Gasteiger partial charge is 0.493 e. The minimum absolute atomic E-state index is 0.133. The standard InChI is InChI=1S/C14H18F2N2O3/c1-20-11-4-3-10(9-12(11)21-14(15)16)13(19)18-7-2-5-17-6-8-18/h3-4,9,14,17H,2,5-8H2,1H3. The molecule has 1 aromatic carbocycles. The van der Waals surface area contributed by atoms with E-state index in [-0.39, 0.29) is 17.4 Å². The molecule has 1 heterocycles. The number of rotatable bonds is 4. The highest BCUT2D eigenvalue weighted by atomic mass is 19.3. The Balaban J connectivity index is 2.20. The molecule has 0 bridgehead atoms. The van der Waals surface area contributed by atoms with Gasteiger partial charge in [0.2, 0.25) is 0 Å². The average molecular weight is 300 g/mol. The van der Waals surface area contributed by atoms with E-state index in [0.29, 0.717) is 18.7 Å². The molecule has 0 saturated carbocycles. The fraction of sp³-hybridized carbons (Fsp3) is 0.500. The number of nitrogens with one attached hydrogen (secondary N) is 1. The number of halogens is 2. The molecule has 0 unspecified atom stereocenters. The normalized spacial score (nSPS) is 15.7. The van der Waals surface area contributed by atoms with Crippen molar-refractivity contribution in [3.05, 3.63) is 23.8 Å². The Kier molecular flexibility index (Phi) is 5.32. The molecule has 1 aromatic rings. The predicted molar refractivity (Wildman–Crippen MR) is 73.0 cm³/mol. The number of ether oxygens (including phenoxy) is 2. The van der Waals surface area contributed by atoms with Gasteiger partial charge in [-0.05, 0) is 31.2 Å². The molecule has 2 rings (SSSR count). The van der Waals surface area contributed by atoms with Gasteiger partial charge < -0.3 is 19.7 Å². The van der Waals surface area contributed by atoms with Crippen molar-refractivity contribution in [1.82, 2.24) is 10.2 Å². The molecule has 116 valence electrons. The summed E-state index contributed by atoms with van der Waals surface area (Å²) in [6.07, 6.45) is 0.863. The lowest BCUT2D eigenvalue weighted by molar-refractivity contribution is -0.0512. The van der Waals surface area contributed by atoms with Gasteiger partial charge in [0, 0.05) is 25.2 Å². The Morgan fingerprint density at radius 3 is 2.81 bits per heavy atom. The van der Waals surface area contributed by atoms with E-state index in [1.54, 1.807) is 11.0 Å². The molecule has 0 radical (unpaired) electrons. The highest BCUT2D eigenvalue weighted by Gasteiger charge is 2.20. The molecule has 0 aliphatic carbocycles. The van der Waals surface area contributed by atoms with Gasteiger partial charge in [-0.25, -0.2) is 0 Å². The van der Waals surface area contributed by atoms with E-state index in [9.17, 15) is 13.6 Å². The van der Waals surface area contributed by atoms with Crippen LogP contribution in [0.15, 0.2) is 18.2 Å². The number of hydrogen-bond acceptors (Lipinski definition) is 4. The van der Waals surface area contributed by atoms with Crippen molar-refractivity contribution in [3.63, 3.8) is 0 Å². The minimum atomic E-state index is -2.97. The number of methoxy groups -OCH3 is 1. The Bertz CT molecular complexity index is 489. The van der Waals surface area contributed by atoms with Crippen LogP contribution < -0.4 is 14.8 Å². The van der Waals surface area contributed by atoms with Gasteiger partial charge in [-0.15, -0.1) is 0 Å². The van der Waals surface area contributed by atoms with Crippen molar-refractivity contribution in [2.75, 3.05) is 33.3 Å². The summed E-state index contributed by atoms with van der Waals surface area (Å²) in [6.45, 7) is -0.139. The molecule has 5 nitrogen and oxygen atoms in total. The lowest BCUT2D eigenvalue weighted by atomic mass is 10.1. The Hall–Kier alpha value is -1.89. The maximum Gasteiger partial charge on any atom is 0.387 e. The Morgan fingerprint density at radius 1 is 1.29 bits per heavy atom. The average Bonchev–Trinajstić information content (AvgIpc) is 2.75. The van der Waals surface area contributed by atoms with E-state index in [4.69, 9.17) is 4.74 Å². The molecule has 1 fully saturated rings. The van der Waals surface area contributed by atoms with Crippen LogP contribution in [0.1, 0.15) is 16.8 Å². The van der Waals surface area contributed by atoms with Crippen molar-refractivity contribution in [3.8, 4) is 11.5 Å². The second-order valence-corrected chi connectivity index (χ2v) is 4.64. The highest BCUT2D eigenvalue weighted by molar-refractivity contribution is 5.95. The number of alkyl halides is 2. The first-order valence-electron chi connectivity index (χ1n) is 6.74. The SMILES string of the molecule is COc1ccc(C(=O)N2CCCNCC2)cc1OC(F)F. The van der Waals surface area contributed by atoms with Crippen LogP contribution in [0.5, 0.6) is 11.5 Å². The molecule has 0 aromatic heterocycles. The molecule has 21 heavy (non-hydrogen) atoms. The molecule has 0 atom stereocenters. The fourth-order valence-electron chi connectivity index (χ4n) is 2.23. The van der Waals surface area contributed by atoms with E-state index in [1.807, 2.05) is 0 Å². The summed E-state index contributed by atoms with van der Waals surface area (Å²) < 4.78 is 34.1. The van der Waals surface area contributed by atoms with Gasteiger partial charge in [-0.3, -0.25) is 4.79 Å². The van der Waals surface area contributed by atoms with E-state index in [0.717, 1.165) is 19.5 Å². The lowest BCUT2D eigenvalue weighted by Crippen LogP contribution is -2.34. The van der Waals surface area contributed by atoms with Gasteiger partial charge in [0.1, 0.15) is 0 Å². The van der Waals surface area contributed by atoms with Gasteiger partial charge in [0.15, 0.2) is 11.5 Å². The summed E-state index contributed by atoms with van der Waals surface area (Å²) in [5.74, 6) is -0.156. The number of nitrogens with zero attached hydrogens (tertiary/aromatic N) is 1. The zero-order chi connectivity index (χ0) is 15.2. The lowest BCUT2D eigenvalue weighted by Gasteiger charge is -2.20. The zero-order valence-electron chi connectivity index (χ0n) is 11.8. The Morgan fingerprint density at radius 2 is 2.10 bits per heavy atom. The first-order valence-corrected chi connectivity index (χ1v) is 6.74. The van der Waals surface area contributed by atoms with Crippen LogP contribution in [-0.4, -0.2) is 50.7 Å². The van der Waals surface area contributed by atoms with Gasteiger partial charge in [-0.1, -0.05) is 0 Å². The first-order chi connectivity index (χ1) is 10.1. The molecular formula is C14H18F2N2O3. The van der Waals surface area contributed by atoms with Crippen LogP contribution >= 0.6 is 0 Å². The molecule has 7 heteroatoms. The van der Waals surface area contributed by atoms with Crippen LogP contribution in [-0.2, 0) is 0 Å². The van der Waals surface area contributed by atoms with Gasteiger partial charge in [0.05, 0.1) is 7.11 Å². The third-order valence-corrected chi connectivity index (χ3v) is 3.25. The fourth-order valence-corrected chi connectivity index (χ4v) is 2.23. The number of benzene rings is 1. The quantitative estimate of drug-likeness (QED) is 0.920. The van der Waals surface area contributed by atoms with Gasteiger partial charge in [-0.2, -0.15) is 8.78 Å². The molecule has 1 amide bonds. The topological polar surface area (TPSA) is 50.8 Å². The summed E-state index contributed by atoms with van der Waals surface area (Å²) in [4.78, 5) is 14.1. The maximum atomic E-state index is 12.4. The summed E-state index contributed by atoms with van der Waals surface area (Å²) in [7, 11) is 1.36. The molecule has 1 aliphatic heterocycles. The van der Waals surface area contributed by atoms with Crippen LogP contribution in [0.25, 0.3) is 0 Å². The van der Waals surface area contributed by atoms with E-state index < -0.39 is 6.61 Å². The number of carbonyl (C=O) groups is 1. The second kappa shape index (κ2) is 7.21. The minimum Gasteiger partial charge on any atom is -0.493 e. The van der Waals surface area contributed by atoms with Crippen molar-refractivity contribution >= 4 is 5.91 Å². The van der Waals surface area contributed by atoms with Crippen LogP contribution in [0, 0.1) is 0 Å². The van der Waals surface area contributed by atoms with E-state index >= 15 is 0 Å². The third-order valence-electron chi connectivity index (χ3n) is 3.25. The summed E-state index contributed by atoms with van der Waals surface area (Å²) in [6, 6.07) is 4.31. The first kappa shape index (κ1) is 15.5. The van der Waals surface area contributed by atoms with Crippen LogP contribution in [0.3, 0.4) is 0 Å². The van der Waals surface area contributed by atoms with Crippen molar-refractivity contribution in [1.29, 1.82) is 0 Å². The number of carbonyl (C=O) groups excluding carboxylic acids is 1. The summed E-state index contributed by atoms with van der Waals surface area (Å²) in [5.41, 5.74) is 0.313.